The minimum Gasteiger partial charge on any atom is -0.511 e. The summed E-state index contributed by atoms with van der Waals surface area (Å²) in [4.78, 5) is 15.2. The highest BCUT2D eigenvalue weighted by Gasteiger charge is 2.50. The van der Waals surface area contributed by atoms with E-state index in [2.05, 4.69) is 32.9 Å². The van der Waals surface area contributed by atoms with Crippen molar-refractivity contribution in [3.8, 4) is 28.7 Å². The highest BCUT2D eigenvalue weighted by Crippen LogP contribution is 2.54. The topological polar surface area (TPSA) is 82.7 Å². The molecule has 3 atom stereocenters. The van der Waals surface area contributed by atoms with Gasteiger partial charge in [-0.25, -0.2) is 14.4 Å². The lowest BCUT2D eigenvalue weighted by Gasteiger charge is -2.48. The molecule has 0 saturated heterocycles. The van der Waals surface area contributed by atoms with Crippen molar-refractivity contribution in [3.05, 3.63) is 88.7 Å². The van der Waals surface area contributed by atoms with Crippen molar-refractivity contribution in [3.63, 3.8) is 0 Å². The smallest absolute Gasteiger partial charge is 0.160 e. The van der Waals surface area contributed by atoms with E-state index < -0.39 is 5.41 Å². The molecule has 0 unspecified atom stereocenters. The van der Waals surface area contributed by atoms with Crippen LogP contribution in [0.5, 0.6) is 0 Å². The van der Waals surface area contributed by atoms with Crippen LogP contribution >= 0.6 is 0 Å². The predicted molar refractivity (Wildman–Crippen MR) is 150 cm³/mol. The van der Waals surface area contributed by atoms with Gasteiger partial charge in [-0.3, -0.25) is 4.98 Å². The van der Waals surface area contributed by atoms with E-state index in [1.54, 1.807) is 12.1 Å². The lowest BCUT2D eigenvalue weighted by Crippen LogP contribution is -2.45. The van der Waals surface area contributed by atoms with Crippen LogP contribution in [0.4, 0.5) is 4.39 Å². The highest BCUT2D eigenvalue weighted by atomic mass is 19.1. The second kappa shape index (κ2) is 9.27. The zero-order valence-corrected chi connectivity index (χ0v) is 22.7. The average Bonchev–Trinajstić information content (AvgIpc) is 2.94. The number of nitriles is 1. The summed E-state index contributed by atoms with van der Waals surface area (Å²) in [6.45, 7) is 8.35. The molecule has 6 rings (SSSR count). The third-order valence-corrected chi connectivity index (χ3v) is 8.79. The molecule has 2 aliphatic rings. The van der Waals surface area contributed by atoms with E-state index in [1.165, 1.54) is 6.07 Å². The summed E-state index contributed by atoms with van der Waals surface area (Å²) in [7, 11) is 0. The Balaban J connectivity index is 1.69. The van der Waals surface area contributed by atoms with E-state index in [-0.39, 0.29) is 29.3 Å². The number of allylic oxidation sites excluding steroid dienone is 2. The Bertz CT molecular complexity index is 1700. The highest BCUT2D eigenvalue weighted by molar-refractivity contribution is 5.93. The Morgan fingerprint density at radius 3 is 2.54 bits per heavy atom. The Kier molecular flexibility index (Phi) is 5.99. The number of fused-ring (bicyclic) bond motifs is 4. The largest absolute Gasteiger partial charge is 0.511 e. The summed E-state index contributed by atoms with van der Waals surface area (Å²) in [6.07, 6.45) is 1.86. The first-order valence-corrected chi connectivity index (χ1v) is 13.6. The van der Waals surface area contributed by atoms with Gasteiger partial charge >= 0.3 is 0 Å². The van der Waals surface area contributed by atoms with Crippen LogP contribution < -0.4 is 0 Å². The van der Waals surface area contributed by atoms with Gasteiger partial charge in [-0.15, -0.1) is 0 Å². The van der Waals surface area contributed by atoms with Gasteiger partial charge in [0.05, 0.1) is 28.5 Å². The number of halogens is 1. The maximum Gasteiger partial charge on any atom is 0.160 e. The van der Waals surface area contributed by atoms with E-state index >= 15 is 4.39 Å². The van der Waals surface area contributed by atoms with Gasteiger partial charge in [0.25, 0.3) is 0 Å². The van der Waals surface area contributed by atoms with E-state index in [4.69, 9.17) is 15.0 Å². The van der Waals surface area contributed by atoms with Crippen LogP contribution in [0.25, 0.3) is 33.5 Å². The van der Waals surface area contributed by atoms with Crippen molar-refractivity contribution in [1.82, 2.24) is 15.0 Å². The monoisotopic (exact) mass is 518 g/mol. The molecule has 0 fully saturated rings. The number of hydrogen-bond donors (Lipinski definition) is 1. The fourth-order valence-corrected chi connectivity index (χ4v) is 6.70. The Labute approximate surface area is 228 Å². The molecular weight excluding hydrogens is 487 g/mol. The average molecular weight is 519 g/mol. The van der Waals surface area contributed by atoms with Crippen LogP contribution in [0.2, 0.25) is 0 Å². The first kappa shape index (κ1) is 25.2. The molecule has 39 heavy (non-hydrogen) atoms. The lowest BCUT2D eigenvalue weighted by atomic mass is 9.56. The number of hydrogen-bond acceptors (Lipinski definition) is 5. The zero-order chi connectivity index (χ0) is 27.5. The van der Waals surface area contributed by atoms with Gasteiger partial charge in [0, 0.05) is 39.1 Å². The molecule has 0 spiro atoms. The fourth-order valence-electron chi connectivity index (χ4n) is 6.70. The summed E-state index contributed by atoms with van der Waals surface area (Å²) < 4.78 is 15.3. The van der Waals surface area contributed by atoms with Crippen molar-refractivity contribution in [2.75, 3.05) is 0 Å². The van der Waals surface area contributed by atoms with Crippen LogP contribution in [0.3, 0.4) is 0 Å². The third kappa shape index (κ3) is 3.91. The maximum atomic E-state index is 15.3. The van der Waals surface area contributed by atoms with Gasteiger partial charge in [0.2, 0.25) is 0 Å². The minimum atomic E-state index is -0.508. The van der Waals surface area contributed by atoms with Crippen molar-refractivity contribution >= 4 is 10.9 Å². The molecule has 2 aromatic carbocycles. The molecule has 0 aliphatic heterocycles. The number of para-hydroxylation sites is 1. The van der Waals surface area contributed by atoms with Crippen LogP contribution in [-0.2, 0) is 11.8 Å². The normalized spacial score (nSPS) is 22.5. The van der Waals surface area contributed by atoms with Gasteiger partial charge in [0.15, 0.2) is 5.82 Å². The Hall–Kier alpha value is -4.11. The second-order valence-corrected chi connectivity index (χ2v) is 11.5. The quantitative estimate of drug-likeness (QED) is 0.299. The van der Waals surface area contributed by atoms with E-state index in [1.807, 2.05) is 37.3 Å². The molecule has 0 amide bonds. The van der Waals surface area contributed by atoms with Crippen molar-refractivity contribution in [2.45, 2.75) is 58.3 Å². The summed E-state index contributed by atoms with van der Waals surface area (Å²) in [5, 5.41) is 21.6. The summed E-state index contributed by atoms with van der Waals surface area (Å²) >= 11 is 0. The standard InChI is InChI=1S/C33H31FN4O/c1-18(2)28-15-24(21-9-6-8-12-27(21)36-28)32-37-29(22-10-5-7-11-26(22)34)23-13-14-25-19(3)30(39)20(17-35)16-33(25,4)31(23)38-32/h5-12,15,18-19,25,39H,13-14,16H2,1-4H3/t19-,25-,33-/m1/s1. The van der Waals surface area contributed by atoms with Crippen molar-refractivity contribution in [2.24, 2.45) is 11.8 Å². The summed E-state index contributed by atoms with van der Waals surface area (Å²) in [5.41, 5.74) is 5.38. The van der Waals surface area contributed by atoms with Gasteiger partial charge < -0.3 is 5.11 Å². The van der Waals surface area contributed by atoms with Gasteiger partial charge in [-0.2, -0.15) is 5.26 Å². The Morgan fingerprint density at radius 2 is 1.79 bits per heavy atom. The number of nitrogens with zero attached hydrogens (tertiary/aromatic N) is 4. The van der Waals surface area contributed by atoms with E-state index in [9.17, 15) is 10.4 Å². The van der Waals surface area contributed by atoms with Crippen LogP contribution in [0, 0.1) is 29.0 Å². The predicted octanol–water partition coefficient (Wildman–Crippen LogP) is 7.82. The third-order valence-electron chi connectivity index (χ3n) is 8.79. The van der Waals surface area contributed by atoms with E-state index in [0.717, 1.165) is 39.8 Å². The molecule has 0 bridgehead atoms. The fraction of sp³-hybridized carbons (Fsp3) is 0.333. The molecule has 0 saturated carbocycles. The van der Waals surface area contributed by atoms with Crippen LogP contribution in [0.1, 0.15) is 63.4 Å². The number of pyridine rings is 1. The molecule has 2 heterocycles. The van der Waals surface area contributed by atoms with Crippen LogP contribution in [0.15, 0.2) is 65.9 Å². The molecule has 4 aromatic rings. The molecule has 1 N–H and O–H groups in total. The van der Waals surface area contributed by atoms with Gasteiger partial charge in [0.1, 0.15) is 11.6 Å². The number of aromatic nitrogens is 3. The SMILES string of the molecule is CC(C)c1cc(-c2nc(-c3ccccc3F)c3c(n2)[C@]2(C)CC(C#N)=C(O)[C@H](C)[C@H]2CC3)c2ccccc2n1. The number of benzene rings is 2. The molecule has 196 valence electrons. The Morgan fingerprint density at radius 1 is 1.05 bits per heavy atom. The van der Waals surface area contributed by atoms with E-state index in [0.29, 0.717) is 35.5 Å². The molecule has 0 radical (unpaired) electrons. The maximum absolute atomic E-state index is 15.3. The molecule has 6 heteroatoms. The van der Waals surface area contributed by atoms with Crippen molar-refractivity contribution < 1.29 is 9.50 Å². The molecular formula is C33H31FN4O. The lowest BCUT2D eigenvalue weighted by molar-refractivity contribution is 0.136. The first-order chi connectivity index (χ1) is 18.7. The summed E-state index contributed by atoms with van der Waals surface area (Å²) in [6, 6.07) is 19.0. The second-order valence-electron chi connectivity index (χ2n) is 11.5. The molecule has 5 nitrogen and oxygen atoms in total. The first-order valence-electron chi connectivity index (χ1n) is 13.6. The van der Waals surface area contributed by atoms with Gasteiger partial charge in [-0.1, -0.05) is 58.0 Å². The van der Waals surface area contributed by atoms with Crippen molar-refractivity contribution in [1.29, 1.82) is 5.26 Å². The zero-order valence-electron chi connectivity index (χ0n) is 22.7. The minimum absolute atomic E-state index is 0.0960. The number of rotatable bonds is 3. The molecule has 2 aromatic heterocycles. The van der Waals surface area contributed by atoms with Crippen LogP contribution in [-0.4, -0.2) is 20.1 Å². The van der Waals surface area contributed by atoms with Gasteiger partial charge in [-0.05, 0) is 55.4 Å². The summed E-state index contributed by atoms with van der Waals surface area (Å²) in [5.74, 6) is 0.513. The number of aliphatic hydroxyl groups excluding tert-OH is 1. The molecule has 2 aliphatic carbocycles. The number of aliphatic hydroxyl groups is 1.